The lowest BCUT2D eigenvalue weighted by atomic mass is 9.89. The number of carbonyl (C=O) groups excluding carboxylic acids is 2. The molecule has 1 aromatic carbocycles. The maximum atomic E-state index is 13.8. The predicted octanol–water partition coefficient (Wildman–Crippen LogP) is 2.14. The van der Waals surface area contributed by atoms with Gasteiger partial charge in [0.1, 0.15) is 5.82 Å². The fourth-order valence-electron chi connectivity index (χ4n) is 3.22. The Bertz CT molecular complexity index is 836. The lowest BCUT2D eigenvalue weighted by molar-refractivity contribution is -0.136. The number of amides is 2. The molecule has 1 atom stereocenters. The van der Waals surface area contributed by atoms with Gasteiger partial charge in [-0.1, -0.05) is 0 Å². The zero-order chi connectivity index (χ0) is 19.4. The Morgan fingerprint density at radius 3 is 3.00 bits per heavy atom. The highest BCUT2D eigenvalue weighted by Gasteiger charge is 2.34. The zero-order valence-electron chi connectivity index (χ0n) is 15.4. The quantitative estimate of drug-likeness (QED) is 0.806. The molecule has 2 aromatic rings. The van der Waals surface area contributed by atoms with Crippen LogP contribution in [0.15, 0.2) is 30.6 Å². The Morgan fingerprint density at radius 2 is 2.30 bits per heavy atom. The molecule has 1 N–H and O–H groups in total. The number of fused-ring (bicyclic) bond motifs is 1. The molecule has 1 aliphatic heterocycles. The molecule has 0 radical (unpaired) electrons. The normalized spacial score (nSPS) is 16.0. The second-order valence-corrected chi connectivity index (χ2v) is 6.49. The van der Waals surface area contributed by atoms with Crippen LogP contribution in [0.4, 0.5) is 10.1 Å². The van der Waals surface area contributed by atoms with Crippen molar-refractivity contribution in [2.45, 2.75) is 32.4 Å². The third-order valence-corrected chi connectivity index (χ3v) is 4.61. The van der Waals surface area contributed by atoms with Crippen LogP contribution in [0.25, 0.3) is 0 Å². The summed E-state index contributed by atoms with van der Waals surface area (Å²) in [5.74, 6) is -1.63. The molecular formula is C19H23FN4O3. The van der Waals surface area contributed by atoms with Crippen molar-refractivity contribution >= 4 is 17.5 Å². The molecule has 3 rings (SSSR count). The Morgan fingerprint density at radius 1 is 1.48 bits per heavy atom. The van der Waals surface area contributed by atoms with Crippen molar-refractivity contribution in [2.24, 2.45) is 0 Å². The molecule has 0 bridgehead atoms. The van der Waals surface area contributed by atoms with Gasteiger partial charge in [0.2, 0.25) is 11.8 Å². The van der Waals surface area contributed by atoms with E-state index in [2.05, 4.69) is 10.4 Å². The predicted molar refractivity (Wildman–Crippen MR) is 97.6 cm³/mol. The van der Waals surface area contributed by atoms with E-state index in [9.17, 15) is 14.0 Å². The number of aromatic nitrogens is 2. The highest BCUT2D eigenvalue weighted by molar-refractivity contribution is 6.01. The summed E-state index contributed by atoms with van der Waals surface area (Å²) in [7, 11) is 1.57. The Balaban J connectivity index is 1.87. The first-order valence-electron chi connectivity index (χ1n) is 8.90. The Hall–Kier alpha value is -2.74. The van der Waals surface area contributed by atoms with Crippen LogP contribution in [0.3, 0.4) is 0 Å². The standard InChI is InChI=1S/C19H23FN4O3/c1-3-24-12-13(10-21-24)11-23(6-7-27-2)19(26)16-9-18(25)22-17-5-4-14(20)8-15(16)17/h4-5,8,10,12,16H,3,6-7,9,11H2,1-2H3,(H,22,25)/t16-/m1/s1. The summed E-state index contributed by atoms with van der Waals surface area (Å²) >= 11 is 0. The first kappa shape index (κ1) is 19.0. The average Bonchev–Trinajstić information content (AvgIpc) is 3.12. The van der Waals surface area contributed by atoms with Gasteiger partial charge in [-0.3, -0.25) is 14.3 Å². The van der Waals surface area contributed by atoms with Gasteiger partial charge in [-0.05, 0) is 30.7 Å². The van der Waals surface area contributed by atoms with Gasteiger partial charge in [0, 0.05) is 50.6 Å². The van der Waals surface area contributed by atoms with E-state index in [1.54, 1.807) is 22.9 Å². The second-order valence-electron chi connectivity index (χ2n) is 6.49. The fraction of sp³-hybridized carbons (Fsp3) is 0.421. The van der Waals surface area contributed by atoms with Gasteiger partial charge >= 0.3 is 0 Å². The van der Waals surface area contributed by atoms with Crippen molar-refractivity contribution in [3.63, 3.8) is 0 Å². The minimum Gasteiger partial charge on any atom is -0.383 e. The molecular weight excluding hydrogens is 351 g/mol. The number of nitrogens with zero attached hydrogens (tertiary/aromatic N) is 3. The number of rotatable bonds is 7. The lowest BCUT2D eigenvalue weighted by Crippen LogP contribution is -2.40. The minimum atomic E-state index is -0.720. The smallest absolute Gasteiger partial charge is 0.231 e. The number of hydrogen-bond acceptors (Lipinski definition) is 4. The van der Waals surface area contributed by atoms with Crippen LogP contribution in [-0.2, 0) is 27.4 Å². The highest BCUT2D eigenvalue weighted by atomic mass is 19.1. The van der Waals surface area contributed by atoms with E-state index >= 15 is 0 Å². The number of benzene rings is 1. The summed E-state index contributed by atoms with van der Waals surface area (Å²) in [4.78, 5) is 26.9. The van der Waals surface area contributed by atoms with E-state index in [4.69, 9.17) is 4.74 Å². The Labute approximate surface area is 157 Å². The molecule has 0 aliphatic carbocycles. The monoisotopic (exact) mass is 374 g/mol. The third-order valence-electron chi connectivity index (χ3n) is 4.61. The van der Waals surface area contributed by atoms with Gasteiger partial charge in [0.15, 0.2) is 0 Å². The molecule has 0 saturated heterocycles. The molecule has 0 spiro atoms. The lowest BCUT2D eigenvalue weighted by Gasteiger charge is -2.30. The van der Waals surface area contributed by atoms with E-state index in [-0.39, 0.29) is 18.2 Å². The molecule has 8 heteroatoms. The highest BCUT2D eigenvalue weighted by Crippen LogP contribution is 2.34. The van der Waals surface area contributed by atoms with E-state index in [0.29, 0.717) is 30.9 Å². The van der Waals surface area contributed by atoms with E-state index in [1.807, 2.05) is 13.1 Å². The molecule has 7 nitrogen and oxygen atoms in total. The fourth-order valence-corrected chi connectivity index (χ4v) is 3.22. The Kier molecular flexibility index (Phi) is 5.85. The molecule has 0 fully saturated rings. The van der Waals surface area contributed by atoms with Crippen molar-refractivity contribution in [1.29, 1.82) is 0 Å². The number of methoxy groups -OCH3 is 1. The topological polar surface area (TPSA) is 76.5 Å². The maximum Gasteiger partial charge on any atom is 0.231 e. The van der Waals surface area contributed by atoms with Crippen molar-refractivity contribution in [3.05, 3.63) is 47.5 Å². The SMILES string of the molecule is CCn1cc(CN(CCOC)C(=O)[C@@H]2CC(=O)Nc3ccc(F)cc32)cn1. The molecule has 1 aliphatic rings. The summed E-state index contributed by atoms with van der Waals surface area (Å²) in [6.45, 7) is 3.81. The van der Waals surface area contributed by atoms with Crippen molar-refractivity contribution < 1.29 is 18.7 Å². The summed E-state index contributed by atoms with van der Waals surface area (Å²) < 4.78 is 20.7. The van der Waals surface area contributed by atoms with E-state index in [1.165, 1.54) is 18.2 Å². The van der Waals surface area contributed by atoms with Crippen LogP contribution < -0.4 is 5.32 Å². The van der Waals surface area contributed by atoms with Crippen LogP contribution in [0, 0.1) is 5.82 Å². The van der Waals surface area contributed by atoms with Gasteiger partial charge in [0.25, 0.3) is 0 Å². The van der Waals surface area contributed by atoms with E-state index < -0.39 is 11.7 Å². The summed E-state index contributed by atoms with van der Waals surface area (Å²) in [5, 5.41) is 6.93. The van der Waals surface area contributed by atoms with Crippen LogP contribution >= 0.6 is 0 Å². The summed E-state index contributed by atoms with van der Waals surface area (Å²) in [6.07, 6.45) is 3.60. The minimum absolute atomic E-state index is 0.00695. The third kappa shape index (κ3) is 4.33. The molecule has 2 heterocycles. The van der Waals surface area contributed by atoms with Crippen molar-refractivity contribution in [2.75, 3.05) is 25.6 Å². The molecule has 0 unspecified atom stereocenters. The molecule has 27 heavy (non-hydrogen) atoms. The largest absolute Gasteiger partial charge is 0.383 e. The molecule has 144 valence electrons. The molecule has 2 amide bonds. The van der Waals surface area contributed by atoms with Crippen LogP contribution in [0.1, 0.15) is 30.4 Å². The van der Waals surface area contributed by atoms with Crippen molar-refractivity contribution in [1.82, 2.24) is 14.7 Å². The number of nitrogens with one attached hydrogen (secondary N) is 1. The van der Waals surface area contributed by atoms with Crippen LogP contribution in [-0.4, -0.2) is 46.8 Å². The number of ether oxygens (including phenoxy) is 1. The van der Waals surface area contributed by atoms with Gasteiger partial charge in [0.05, 0.1) is 18.7 Å². The van der Waals surface area contributed by atoms with Gasteiger partial charge in [-0.25, -0.2) is 4.39 Å². The van der Waals surface area contributed by atoms with Crippen LogP contribution in [0.5, 0.6) is 0 Å². The van der Waals surface area contributed by atoms with Gasteiger partial charge in [-0.15, -0.1) is 0 Å². The maximum absolute atomic E-state index is 13.8. The number of carbonyl (C=O) groups is 2. The summed E-state index contributed by atoms with van der Waals surface area (Å²) in [5.41, 5.74) is 1.88. The summed E-state index contributed by atoms with van der Waals surface area (Å²) in [6, 6.07) is 4.08. The van der Waals surface area contributed by atoms with Crippen molar-refractivity contribution in [3.8, 4) is 0 Å². The number of anilines is 1. The number of halogens is 1. The van der Waals surface area contributed by atoms with Gasteiger partial charge < -0.3 is 15.0 Å². The number of aryl methyl sites for hydroxylation is 1. The zero-order valence-corrected chi connectivity index (χ0v) is 15.4. The van der Waals surface area contributed by atoms with E-state index in [0.717, 1.165) is 12.1 Å². The first-order chi connectivity index (χ1) is 13.0. The average molecular weight is 374 g/mol. The second kappa shape index (κ2) is 8.30. The number of hydrogen-bond donors (Lipinski definition) is 1. The van der Waals surface area contributed by atoms with Crippen LogP contribution in [0.2, 0.25) is 0 Å². The van der Waals surface area contributed by atoms with Gasteiger partial charge in [-0.2, -0.15) is 5.10 Å². The molecule has 1 aromatic heterocycles. The first-order valence-corrected chi connectivity index (χ1v) is 8.90. The molecule has 0 saturated carbocycles.